The number of carboxylic acid groups (broad SMARTS) is 1. The van der Waals surface area contributed by atoms with Crippen molar-refractivity contribution in [2.24, 2.45) is 0 Å². The summed E-state index contributed by atoms with van der Waals surface area (Å²) in [7, 11) is 0. The molecule has 1 atom stereocenters. The maximum Gasteiger partial charge on any atom is 0.418 e. The number of halogens is 3. The lowest BCUT2D eigenvalue weighted by atomic mass is 10.0. The summed E-state index contributed by atoms with van der Waals surface area (Å²) in [5.41, 5.74) is 0.438. The summed E-state index contributed by atoms with van der Waals surface area (Å²) in [4.78, 5) is 59.7. The molecule has 10 nitrogen and oxygen atoms in total. The molecule has 5 N–H and O–H groups in total. The topological polar surface area (TPSA) is 154 Å². The molecule has 3 heterocycles. The van der Waals surface area contributed by atoms with Crippen molar-refractivity contribution >= 4 is 58.0 Å². The van der Waals surface area contributed by atoms with Gasteiger partial charge in [0.15, 0.2) is 0 Å². The number of benzene rings is 1. The van der Waals surface area contributed by atoms with Crippen LogP contribution >= 0.6 is 22.7 Å². The Labute approximate surface area is 226 Å². The van der Waals surface area contributed by atoms with E-state index in [1.807, 2.05) is 5.32 Å². The van der Waals surface area contributed by atoms with Gasteiger partial charge >= 0.3 is 12.1 Å². The minimum atomic E-state index is -5.01. The van der Waals surface area contributed by atoms with Gasteiger partial charge in [-0.1, -0.05) is 18.2 Å². The molecular weight excluding hydrogens is 561 g/mol. The van der Waals surface area contributed by atoms with E-state index in [1.54, 1.807) is 29.6 Å². The van der Waals surface area contributed by atoms with Crippen molar-refractivity contribution in [2.75, 3.05) is 11.9 Å². The third-order valence-electron chi connectivity index (χ3n) is 5.61. The largest absolute Gasteiger partial charge is 0.480 e. The summed E-state index contributed by atoms with van der Waals surface area (Å²) >= 11 is 1.34. The summed E-state index contributed by atoms with van der Waals surface area (Å²) in [6.45, 7) is -0.667. The zero-order valence-corrected chi connectivity index (χ0v) is 21.3. The standard InChI is InChI=1S/C24H19F3N4O6S2/c25-24(26,27)13-8-17(21(34)28-9-11-3-1-4-14-12(11)7-18(32)30-14)39-19(13)22(35)31-15(23(36)37)10-29-20(33)16-5-2-6-38-16/h1-6,8,15H,7,9-10H2,(H,28,34)(H,29,33)(H,30,32)(H,31,35)(H,36,37). The van der Waals surface area contributed by atoms with Crippen LogP contribution in [0.15, 0.2) is 41.8 Å². The Morgan fingerprint density at radius 3 is 2.44 bits per heavy atom. The van der Waals surface area contributed by atoms with Gasteiger partial charge < -0.3 is 26.4 Å². The van der Waals surface area contributed by atoms with Crippen molar-refractivity contribution in [2.45, 2.75) is 25.2 Å². The van der Waals surface area contributed by atoms with Gasteiger partial charge in [-0.3, -0.25) is 19.2 Å². The number of anilines is 1. The molecule has 1 unspecified atom stereocenters. The number of aliphatic carboxylic acids is 1. The zero-order valence-electron chi connectivity index (χ0n) is 19.7. The lowest BCUT2D eigenvalue weighted by molar-refractivity contribution is -0.139. The molecular formula is C24H19F3N4O6S2. The molecule has 0 saturated carbocycles. The van der Waals surface area contributed by atoms with Crippen molar-refractivity contribution in [3.63, 3.8) is 0 Å². The molecule has 1 aliphatic heterocycles. The number of carboxylic acids is 1. The number of amides is 4. The molecule has 0 aliphatic carbocycles. The fraction of sp³-hybridized carbons (Fsp3) is 0.208. The third kappa shape index (κ3) is 6.43. The Balaban J connectivity index is 1.47. The normalized spacial score (nSPS) is 13.3. The molecule has 3 aromatic rings. The van der Waals surface area contributed by atoms with E-state index < -0.39 is 57.8 Å². The van der Waals surface area contributed by atoms with E-state index in [0.29, 0.717) is 22.9 Å². The number of carbonyl (C=O) groups is 5. The summed E-state index contributed by atoms with van der Waals surface area (Å²) in [6.07, 6.45) is -4.92. The average Bonchev–Trinajstić information content (AvgIpc) is 3.63. The van der Waals surface area contributed by atoms with Gasteiger partial charge in [0.25, 0.3) is 17.7 Å². The van der Waals surface area contributed by atoms with Crippen molar-refractivity contribution in [3.05, 3.63) is 73.1 Å². The van der Waals surface area contributed by atoms with Crippen molar-refractivity contribution < 1.29 is 42.3 Å². The zero-order chi connectivity index (χ0) is 28.3. The van der Waals surface area contributed by atoms with Crippen LogP contribution in [0.3, 0.4) is 0 Å². The Hall–Kier alpha value is -4.24. The van der Waals surface area contributed by atoms with Gasteiger partial charge in [-0.2, -0.15) is 13.2 Å². The number of hydrogen-bond acceptors (Lipinski definition) is 7. The molecule has 0 radical (unpaired) electrons. The number of hydrogen-bond donors (Lipinski definition) is 5. The summed E-state index contributed by atoms with van der Waals surface area (Å²) in [6, 6.07) is 6.87. The van der Waals surface area contributed by atoms with Gasteiger partial charge in [-0.05, 0) is 34.7 Å². The summed E-state index contributed by atoms with van der Waals surface area (Å²) in [5.74, 6) is -4.67. The molecule has 4 rings (SSSR count). The Morgan fingerprint density at radius 2 is 1.77 bits per heavy atom. The van der Waals surface area contributed by atoms with Gasteiger partial charge in [-0.15, -0.1) is 22.7 Å². The first-order chi connectivity index (χ1) is 18.4. The molecule has 0 fully saturated rings. The number of alkyl halides is 3. The second kappa shape index (κ2) is 11.2. The number of carbonyl (C=O) groups excluding carboxylic acids is 4. The molecule has 1 aromatic carbocycles. The van der Waals surface area contributed by atoms with Gasteiger partial charge in [0, 0.05) is 18.8 Å². The van der Waals surface area contributed by atoms with Gasteiger partial charge in [-0.25, -0.2) is 4.79 Å². The third-order valence-corrected chi connectivity index (χ3v) is 7.61. The molecule has 2 aromatic heterocycles. The van der Waals surface area contributed by atoms with Crippen molar-refractivity contribution in [1.82, 2.24) is 16.0 Å². The van der Waals surface area contributed by atoms with E-state index >= 15 is 0 Å². The maximum atomic E-state index is 13.7. The second-order valence-corrected chi connectivity index (χ2v) is 10.3. The Kier molecular flexibility index (Phi) is 8.01. The SMILES string of the molecule is O=C1Cc2c(CNC(=O)c3cc(C(F)(F)F)c(C(=O)NC(CNC(=O)c4cccs4)C(=O)O)s3)cccc2N1. The first-order valence-electron chi connectivity index (χ1n) is 11.2. The first kappa shape index (κ1) is 27.8. The van der Waals surface area contributed by atoms with Gasteiger partial charge in [0.1, 0.15) is 10.9 Å². The van der Waals surface area contributed by atoms with Crippen LogP contribution in [0, 0.1) is 0 Å². The predicted octanol–water partition coefficient (Wildman–Crippen LogP) is 2.87. The fourth-order valence-corrected chi connectivity index (χ4v) is 5.38. The molecule has 39 heavy (non-hydrogen) atoms. The lowest BCUT2D eigenvalue weighted by Crippen LogP contribution is -2.48. The average molecular weight is 581 g/mol. The summed E-state index contributed by atoms with van der Waals surface area (Å²) < 4.78 is 41.1. The summed E-state index contributed by atoms with van der Waals surface area (Å²) in [5, 5.41) is 20.5. The number of rotatable bonds is 9. The van der Waals surface area contributed by atoms with E-state index in [0.717, 1.165) is 11.3 Å². The van der Waals surface area contributed by atoms with Crippen LogP contribution in [0.4, 0.5) is 18.9 Å². The monoisotopic (exact) mass is 580 g/mol. The number of nitrogens with one attached hydrogen (secondary N) is 4. The van der Waals surface area contributed by atoms with Crippen LogP contribution in [0.25, 0.3) is 0 Å². The van der Waals surface area contributed by atoms with Gasteiger partial charge in [0.05, 0.1) is 21.7 Å². The van der Waals surface area contributed by atoms with Crippen molar-refractivity contribution in [1.29, 1.82) is 0 Å². The Morgan fingerprint density at radius 1 is 1.03 bits per heavy atom. The molecule has 15 heteroatoms. The van der Waals surface area contributed by atoms with Crippen LogP contribution in [0.2, 0.25) is 0 Å². The van der Waals surface area contributed by atoms with Crippen molar-refractivity contribution in [3.8, 4) is 0 Å². The highest BCUT2D eigenvalue weighted by Crippen LogP contribution is 2.37. The number of fused-ring (bicyclic) bond motifs is 1. The quantitative estimate of drug-likeness (QED) is 0.262. The molecule has 1 aliphatic rings. The lowest BCUT2D eigenvalue weighted by Gasteiger charge is -2.15. The minimum Gasteiger partial charge on any atom is -0.480 e. The van der Waals surface area contributed by atoms with E-state index in [-0.39, 0.29) is 35.1 Å². The number of thiophene rings is 2. The van der Waals surface area contributed by atoms with Crippen LogP contribution in [-0.2, 0) is 28.7 Å². The molecule has 0 bridgehead atoms. The molecule has 0 spiro atoms. The highest BCUT2D eigenvalue weighted by Gasteiger charge is 2.39. The van der Waals surface area contributed by atoms with Crippen LogP contribution in [0.5, 0.6) is 0 Å². The van der Waals surface area contributed by atoms with Crippen LogP contribution in [0.1, 0.15) is 45.7 Å². The highest BCUT2D eigenvalue weighted by molar-refractivity contribution is 7.16. The van der Waals surface area contributed by atoms with E-state index in [2.05, 4.69) is 16.0 Å². The Bertz CT molecular complexity index is 1450. The smallest absolute Gasteiger partial charge is 0.418 e. The molecule has 4 amide bonds. The van der Waals surface area contributed by atoms with E-state index in [9.17, 15) is 42.3 Å². The van der Waals surface area contributed by atoms with Crippen LogP contribution < -0.4 is 21.3 Å². The minimum absolute atomic E-state index is 0.0806. The molecule has 0 saturated heterocycles. The second-order valence-electron chi connectivity index (χ2n) is 8.25. The fourth-order valence-electron chi connectivity index (χ4n) is 3.74. The van der Waals surface area contributed by atoms with E-state index in [4.69, 9.17) is 0 Å². The first-order valence-corrected chi connectivity index (χ1v) is 12.9. The van der Waals surface area contributed by atoms with Gasteiger partial charge in [0.2, 0.25) is 5.91 Å². The predicted molar refractivity (Wildman–Crippen MR) is 135 cm³/mol. The maximum absolute atomic E-state index is 13.7. The van der Waals surface area contributed by atoms with E-state index in [1.165, 1.54) is 6.07 Å². The van der Waals surface area contributed by atoms with Crippen LogP contribution in [-0.4, -0.2) is 47.3 Å². The highest BCUT2D eigenvalue weighted by atomic mass is 32.1. The molecule has 204 valence electrons.